The van der Waals surface area contributed by atoms with Crippen LogP contribution in [0.15, 0.2) is 18.2 Å². The van der Waals surface area contributed by atoms with Gasteiger partial charge in [0.1, 0.15) is 11.5 Å². The number of hydrogen-bond acceptors (Lipinski definition) is 4. The largest absolute Gasteiger partial charge is 0.372 e. The molecule has 1 amide bonds. The smallest absolute Gasteiger partial charge is 0.267 e. The minimum atomic E-state index is -0.499. The monoisotopic (exact) mass is 235 g/mol. The number of ether oxygens (including phenoxy) is 1. The van der Waals surface area contributed by atoms with Crippen molar-refractivity contribution in [2.24, 2.45) is 5.73 Å². The molecule has 1 aliphatic rings. The van der Waals surface area contributed by atoms with Crippen molar-refractivity contribution in [2.45, 2.75) is 26.1 Å². The highest BCUT2D eigenvalue weighted by atomic mass is 16.5. The van der Waals surface area contributed by atoms with Crippen molar-refractivity contribution in [3.63, 3.8) is 0 Å². The Balaban J connectivity index is 2.21. The van der Waals surface area contributed by atoms with Gasteiger partial charge in [-0.2, -0.15) is 0 Å². The molecule has 1 fully saturated rings. The predicted octanol–water partition coefficient (Wildman–Crippen LogP) is 0.794. The van der Waals surface area contributed by atoms with Crippen molar-refractivity contribution in [3.05, 3.63) is 23.9 Å². The molecule has 92 valence electrons. The lowest BCUT2D eigenvalue weighted by atomic mass is 10.2. The molecular weight excluding hydrogens is 218 g/mol. The SMILES string of the molecule is C[C@@H]1CN(c2cccc(C(N)=O)n2)C[C@H](C)O1. The fourth-order valence-electron chi connectivity index (χ4n) is 2.10. The Kier molecular flexibility index (Phi) is 3.28. The van der Waals surface area contributed by atoms with Crippen LogP contribution < -0.4 is 10.6 Å². The van der Waals surface area contributed by atoms with Gasteiger partial charge in [0, 0.05) is 13.1 Å². The van der Waals surface area contributed by atoms with E-state index in [-0.39, 0.29) is 12.2 Å². The summed E-state index contributed by atoms with van der Waals surface area (Å²) in [6.07, 6.45) is 0.329. The Morgan fingerprint density at radius 1 is 1.41 bits per heavy atom. The van der Waals surface area contributed by atoms with E-state index in [1.807, 2.05) is 19.9 Å². The maximum absolute atomic E-state index is 11.1. The molecule has 1 saturated heterocycles. The number of carbonyl (C=O) groups is 1. The van der Waals surface area contributed by atoms with Gasteiger partial charge in [-0.1, -0.05) is 6.07 Å². The van der Waals surface area contributed by atoms with E-state index in [9.17, 15) is 4.79 Å². The number of carbonyl (C=O) groups excluding carboxylic acids is 1. The molecule has 0 aromatic carbocycles. The van der Waals surface area contributed by atoms with Gasteiger partial charge in [-0.25, -0.2) is 4.98 Å². The molecule has 0 spiro atoms. The second-order valence-electron chi connectivity index (χ2n) is 4.41. The van der Waals surface area contributed by atoms with Crippen LogP contribution in [0.1, 0.15) is 24.3 Å². The lowest BCUT2D eigenvalue weighted by Crippen LogP contribution is -2.46. The average molecular weight is 235 g/mol. The van der Waals surface area contributed by atoms with Crippen molar-refractivity contribution in [3.8, 4) is 0 Å². The number of anilines is 1. The number of primary amides is 1. The van der Waals surface area contributed by atoms with Gasteiger partial charge < -0.3 is 15.4 Å². The molecular formula is C12H17N3O2. The van der Waals surface area contributed by atoms with Gasteiger partial charge in [-0.15, -0.1) is 0 Å². The third-order valence-electron chi connectivity index (χ3n) is 2.73. The first-order valence-corrected chi connectivity index (χ1v) is 5.73. The lowest BCUT2D eigenvalue weighted by molar-refractivity contribution is -0.00546. The summed E-state index contributed by atoms with van der Waals surface area (Å²) in [5.74, 6) is 0.282. The van der Waals surface area contributed by atoms with Crippen LogP contribution in [0.25, 0.3) is 0 Å². The number of aromatic nitrogens is 1. The standard InChI is InChI=1S/C12H17N3O2/c1-8-6-15(7-9(2)17-8)11-5-3-4-10(14-11)12(13)16/h3-5,8-9H,6-7H2,1-2H3,(H2,13,16)/t8-,9+. The maximum atomic E-state index is 11.1. The van der Waals surface area contributed by atoms with E-state index >= 15 is 0 Å². The van der Waals surface area contributed by atoms with E-state index in [1.54, 1.807) is 12.1 Å². The van der Waals surface area contributed by atoms with Crippen molar-refractivity contribution in [1.29, 1.82) is 0 Å². The highest BCUT2D eigenvalue weighted by Gasteiger charge is 2.23. The molecule has 0 bridgehead atoms. The highest BCUT2D eigenvalue weighted by Crippen LogP contribution is 2.18. The number of amides is 1. The molecule has 2 heterocycles. The minimum absolute atomic E-state index is 0.165. The fraction of sp³-hybridized carbons (Fsp3) is 0.500. The Morgan fingerprint density at radius 2 is 2.06 bits per heavy atom. The van der Waals surface area contributed by atoms with Crippen LogP contribution >= 0.6 is 0 Å². The molecule has 1 aliphatic heterocycles. The lowest BCUT2D eigenvalue weighted by Gasteiger charge is -2.36. The molecule has 1 aromatic heterocycles. The van der Waals surface area contributed by atoms with Gasteiger partial charge in [0.25, 0.3) is 5.91 Å². The summed E-state index contributed by atoms with van der Waals surface area (Å²) < 4.78 is 5.65. The molecule has 2 rings (SSSR count). The van der Waals surface area contributed by atoms with Gasteiger partial charge in [0.15, 0.2) is 0 Å². The van der Waals surface area contributed by atoms with E-state index < -0.39 is 5.91 Å². The summed E-state index contributed by atoms with van der Waals surface area (Å²) in [5, 5.41) is 0. The second kappa shape index (κ2) is 4.71. The van der Waals surface area contributed by atoms with Gasteiger partial charge in [0.2, 0.25) is 0 Å². The van der Waals surface area contributed by atoms with Gasteiger partial charge in [-0.05, 0) is 26.0 Å². The van der Waals surface area contributed by atoms with E-state index in [4.69, 9.17) is 10.5 Å². The summed E-state index contributed by atoms with van der Waals surface area (Å²) in [6, 6.07) is 5.31. The summed E-state index contributed by atoms with van der Waals surface area (Å²) in [5.41, 5.74) is 5.52. The summed E-state index contributed by atoms with van der Waals surface area (Å²) in [4.78, 5) is 17.5. The van der Waals surface area contributed by atoms with Crippen LogP contribution in [-0.4, -0.2) is 36.2 Å². The van der Waals surface area contributed by atoms with Crippen molar-refractivity contribution in [1.82, 2.24) is 4.98 Å². The van der Waals surface area contributed by atoms with E-state index in [0.717, 1.165) is 18.9 Å². The topological polar surface area (TPSA) is 68.5 Å². The zero-order valence-electron chi connectivity index (χ0n) is 10.1. The first-order chi connectivity index (χ1) is 8.06. The average Bonchev–Trinajstić information content (AvgIpc) is 2.28. The predicted molar refractivity (Wildman–Crippen MR) is 65.0 cm³/mol. The highest BCUT2D eigenvalue weighted by molar-refractivity contribution is 5.91. The Morgan fingerprint density at radius 3 is 2.65 bits per heavy atom. The van der Waals surface area contributed by atoms with Crippen LogP contribution in [0.3, 0.4) is 0 Å². The Hall–Kier alpha value is -1.62. The normalized spacial score (nSPS) is 24.7. The van der Waals surface area contributed by atoms with Crippen LogP contribution in [-0.2, 0) is 4.74 Å². The third kappa shape index (κ3) is 2.74. The number of rotatable bonds is 2. The van der Waals surface area contributed by atoms with E-state index in [2.05, 4.69) is 9.88 Å². The molecule has 0 aliphatic carbocycles. The summed E-state index contributed by atoms with van der Waals surface area (Å²) in [7, 11) is 0. The van der Waals surface area contributed by atoms with Crippen molar-refractivity contribution < 1.29 is 9.53 Å². The third-order valence-corrected chi connectivity index (χ3v) is 2.73. The van der Waals surface area contributed by atoms with Crippen LogP contribution in [0.2, 0.25) is 0 Å². The molecule has 0 saturated carbocycles. The number of hydrogen-bond donors (Lipinski definition) is 1. The zero-order valence-corrected chi connectivity index (χ0v) is 10.1. The van der Waals surface area contributed by atoms with Gasteiger partial charge >= 0.3 is 0 Å². The molecule has 2 N–H and O–H groups in total. The molecule has 1 aromatic rings. The number of morpholine rings is 1. The molecule has 5 nitrogen and oxygen atoms in total. The molecule has 0 radical (unpaired) electrons. The second-order valence-corrected chi connectivity index (χ2v) is 4.41. The fourth-order valence-corrected chi connectivity index (χ4v) is 2.10. The summed E-state index contributed by atoms with van der Waals surface area (Å²) in [6.45, 7) is 5.61. The molecule has 2 atom stereocenters. The molecule has 0 unspecified atom stereocenters. The Labute approximate surface area is 101 Å². The quantitative estimate of drug-likeness (QED) is 0.823. The number of pyridine rings is 1. The minimum Gasteiger partial charge on any atom is -0.372 e. The zero-order chi connectivity index (χ0) is 12.4. The number of nitrogens with zero attached hydrogens (tertiary/aromatic N) is 2. The summed E-state index contributed by atoms with van der Waals surface area (Å²) >= 11 is 0. The molecule has 17 heavy (non-hydrogen) atoms. The Bertz CT molecular complexity index is 412. The molecule has 5 heteroatoms. The first kappa shape index (κ1) is 11.9. The van der Waals surface area contributed by atoms with Crippen LogP contribution in [0.5, 0.6) is 0 Å². The van der Waals surface area contributed by atoms with Crippen LogP contribution in [0, 0.1) is 0 Å². The number of nitrogens with two attached hydrogens (primary N) is 1. The van der Waals surface area contributed by atoms with E-state index in [0.29, 0.717) is 5.69 Å². The van der Waals surface area contributed by atoms with Gasteiger partial charge in [0.05, 0.1) is 12.2 Å². The maximum Gasteiger partial charge on any atom is 0.267 e. The van der Waals surface area contributed by atoms with E-state index in [1.165, 1.54) is 0 Å². The van der Waals surface area contributed by atoms with Crippen LogP contribution in [0.4, 0.5) is 5.82 Å². The van der Waals surface area contributed by atoms with Crippen molar-refractivity contribution in [2.75, 3.05) is 18.0 Å². The first-order valence-electron chi connectivity index (χ1n) is 5.73. The van der Waals surface area contributed by atoms with Gasteiger partial charge in [-0.3, -0.25) is 4.79 Å². The van der Waals surface area contributed by atoms with Crippen molar-refractivity contribution >= 4 is 11.7 Å².